The van der Waals surface area contributed by atoms with Crippen LogP contribution in [0.3, 0.4) is 0 Å². The highest BCUT2D eigenvalue weighted by atomic mass is 32.1. The lowest BCUT2D eigenvalue weighted by atomic mass is 9.85. The Morgan fingerprint density at radius 2 is 2.00 bits per heavy atom. The molecule has 0 saturated carbocycles. The lowest BCUT2D eigenvalue weighted by molar-refractivity contribution is -0.139. The van der Waals surface area contributed by atoms with Crippen molar-refractivity contribution in [2.24, 2.45) is 11.1 Å². The molecule has 2 N–H and O–H groups in total. The van der Waals surface area contributed by atoms with Gasteiger partial charge in [0.2, 0.25) is 5.91 Å². The first kappa shape index (κ1) is 15.4. The quantitative estimate of drug-likeness (QED) is 0.782. The van der Waals surface area contributed by atoms with Gasteiger partial charge < -0.3 is 15.5 Å². The van der Waals surface area contributed by atoms with E-state index >= 15 is 0 Å². The van der Waals surface area contributed by atoms with Crippen LogP contribution in [0.1, 0.15) is 33.1 Å². The summed E-state index contributed by atoms with van der Waals surface area (Å²) in [5.41, 5.74) is 5.05. The summed E-state index contributed by atoms with van der Waals surface area (Å²) < 4.78 is 0. The molecule has 1 atom stereocenters. The van der Waals surface area contributed by atoms with E-state index in [0.29, 0.717) is 17.5 Å². The SMILES string of the molecule is CCC(C)(C(=O)N(C)C1CCN(C)CC1)C(N)=S. The minimum Gasteiger partial charge on any atom is -0.392 e. The van der Waals surface area contributed by atoms with Gasteiger partial charge >= 0.3 is 0 Å². The molecule has 1 amide bonds. The van der Waals surface area contributed by atoms with Crippen LogP contribution in [-0.4, -0.2) is 53.9 Å². The van der Waals surface area contributed by atoms with E-state index in [4.69, 9.17) is 18.0 Å². The average Bonchev–Trinajstić information content (AvgIpc) is 2.36. The summed E-state index contributed by atoms with van der Waals surface area (Å²) in [4.78, 5) is 17.0. The summed E-state index contributed by atoms with van der Waals surface area (Å²) in [5.74, 6) is 0.0621. The first-order chi connectivity index (χ1) is 8.32. The highest BCUT2D eigenvalue weighted by molar-refractivity contribution is 7.80. The first-order valence-electron chi connectivity index (χ1n) is 6.58. The number of rotatable bonds is 4. The van der Waals surface area contributed by atoms with Crippen molar-refractivity contribution in [2.45, 2.75) is 39.2 Å². The van der Waals surface area contributed by atoms with Crippen molar-refractivity contribution in [1.82, 2.24) is 9.80 Å². The molecule has 104 valence electrons. The van der Waals surface area contributed by atoms with Gasteiger partial charge in [-0.25, -0.2) is 0 Å². The van der Waals surface area contributed by atoms with E-state index in [-0.39, 0.29) is 5.91 Å². The monoisotopic (exact) mass is 271 g/mol. The standard InChI is InChI=1S/C13H25N3OS/c1-5-13(2,11(14)18)12(17)16(4)10-6-8-15(3)9-7-10/h10H,5-9H2,1-4H3,(H2,14,18). The molecular formula is C13H25N3OS. The van der Waals surface area contributed by atoms with Crippen molar-refractivity contribution in [3.05, 3.63) is 0 Å². The minimum atomic E-state index is -0.701. The molecule has 1 rings (SSSR count). The average molecular weight is 271 g/mol. The fraction of sp³-hybridized carbons (Fsp3) is 0.846. The second-order valence-corrected chi connectivity index (χ2v) is 5.94. The van der Waals surface area contributed by atoms with Crippen molar-refractivity contribution >= 4 is 23.1 Å². The minimum absolute atomic E-state index is 0.0621. The molecule has 1 heterocycles. The van der Waals surface area contributed by atoms with Crippen LogP contribution in [0.5, 0.6) is 0 Å². The number of carbonyl (C=O) groups is 1. The molecular weight excluding hydrogens is 246 g/mol. The molecule has 0 aromatic rings. The molecule has 1 fully saturated rings. The molecule has 0 radical (unpaired) electrons. The van der Waals surface area contributed by atoms with Crippen LogP contribution >= 0.6 is 12.2 Å². The molecule has 4 nitrogen and oxygen atoms in total. The van der Waals surface area contributed by atoms with E-state index in [0.717, 1.165) is 25.9 Å². The zero-order valence-electron chi connectivity index (χ0n) is 11.9. The highest BCUT2D eigenvalue weighted by Crippen LogP contribution is 2.27. The number of nitrogens with zero attached hydrogens (tertiary/aromatic N) is 2. The summed E-state index contributed by atoms with van der Waals surface area (Å²) >= 11 is 5.07. The number of piperidine rings is 1. The molecule has 0 aromatic carbocycles. The maximum absolute atomic E-state index is 12.6. The second-order valence-electron chi connectivity index (χ2n) is 5.50. The molecule has 0 spiro atoms. The van der Waals surface area contributed by atoms with Crippen LogP contribution in [-0.2, 0) is 4.79 Å². The van der Waals surface area contributed by atoms with Crippen LogP contribution in [0.15, 0.2) is 0 Å². The van der Waals surface area contributed by atoms with Crippen molar-refractivity contribution in [3.8, 4) is 0 Å². The van der Waals surface area contributed by atoms with Crippen molar-refractivity contribution in [1.29, 1.82) is 0 Å². The third-order valence-corrected chi connectivity index (χ3v) is 4.73. The van der Waals surface area contributed by atoms with E-state index in [2.05, 4.69) is 11.9 Å². The molecule has 1 aliphatic rings. The van der Waals surface area contributed by atoms with E-state index in [1.165, 1.54) is 0 Å². The molecule has 1 unspecified atom stereocenters. The van der Waals surface area contributed by atoms with Gasteiger partial charge in [-0.3, -0.25) is 4.79 Å². The summed E-state index contributed by atoms with van der Waals surface area (Å²) in [6.45, 7) is 5.89. The van der Waals surface area contributed by atoms with Crippen LogP contribution in [0.25, 0.3) is 0 Å². The van der Waals surface area contributed by atoms with Crippen LogP contribution in [0, 0.1) is 5.41 Å². The van der Waals surface area contributed by atoms with E-state index in [9.17, 15) is 4.79 Å². The summed E-state index contributed by atoms with van der Waals surface area (Å²) in [7, 11) is 3.99. The number of hydrogen-bond donors (Lipinski definition) is 1. The van der Waals surface area contributed by atoms with Gasteiger partial charge in [0.1, 0.15) is 0 Å². The third-order valence-electron chi connectivity index (χ3n) is 4.28. The van der Waals surface area contributed by atoms with Gasteiger partial charge in [-0.2, -0.15) is 0 Å². The first-order valence-corrected chi connectivity index (χ1v) is 6.99. The number of hydrogen-bond acceptors (Lipinski definition) is 3. The van der Waals surface area contributed by atoms with Crippen LogP contribution < -0.4 is 5.73 Å². The van der Waals surface area contributed by atoms with Crippen molar-refractivity contribution in [2.75, 3.05) is 27.2 Å². The fourth-order valence-corrected chi connectivity index (χ4v) is 2.60. The van der Waals surface area contributed by atoms with Gasteiger partial charge in [0.15, 0.2) is 0 Å². The summed E-state index contributed by atoms with van der Waals surface area (Å²) in [6.07, 6.45) is 2.70. The second kappa shape index (κ2) is 5.97. The maximum Gasteiger partial charge on any atom is 0.235 e. The fourth-order valence-electron chi connectivity index (χ4n) is 2.37. The molecule has 5 heteroatoms. The third kappa shape index (κ3) is 3.01. The Morgan fingerprint density at radius 1 is 1.50 bits per heavy atom. The smallest absolute Gasteiger partial charge is 0.235 e. The Morgan fingerprint density at radius 3 is 2.39 bits per heavy atom. The normalized spacial score (nSPS) is 21.3. The summed E-state index contributed by atoms with van der Waals surface area (Å²) in [6, 6.07) is 0.314. The molecule has 18 heavy (non-hydrogen) atoms. The Kier molecular flexibility index (Phi) is 5.10. The zero-order chi connectivity index (χ0) is 13.9. The molecule has 1 aliphatic heterocycles. The van der Waals surface area contributed by atoms with E-state index in [1.807, 2.05) is 25.8 Å². The van der Waals surface area contributed by atoms with Gasteiger partial charge in [0.05, 0.1) is 10.4 Å². The Hall–Kier alpha value is -0.680. The van der Waals surface area contributed by atoms with Gasteiger partial charge in [0, 0.05) is 13.1 Å². The number of thiocarbonyl (C=S) groups is 1. The topological polar surface area (TPSA) is 49.6 Å². The maximum atomic E-state index is 12.6. The predicted molar refractivity (Wildman–Crippen MR) is 78.5 cm³/mol. The Bertz CT molecular complexity index is 326. The molecule has 0 aromatic heterocycles. The molecule has 0 bridgehead atoms. The molecule has 0 aliphatic carbocycles. The van der Waals surface area contributed by atoms with Crippen LogP contribution in [0.4, 0.5) is 0 Å². The Balaban J connectivity index is 2.74. The van der Waals surface area contributed by atoms with E-state index in [1.54, 1.807) is 0 Å². The molecule has 1 saturated heterocycles. The number of carbonyl (C=O) groups excluding carboxylic acids is 1. The predicted octanol–water partition coefficient (Wildman–Crippen LogP) is 1.24. The number of likely N-dealkylation sites (tertiary alicyclic amines) is 1. The highest BCUT2D eigenvalue weighted by Gasteiger charge is 2.39. The van der Waals surface area contributed by atoms with E-state index < -0.39 is 5.41 Å². The largest absolute Gasteiger partial charge is 0.392 e. The number of amides is 1. The van der Waals surface area contributed by atoms with Gasteiger partial charge in [0.25, 0.3) is 0 Å². The van der Waals surface area contributed by atoms with Crippen LogP contribution in [0.2, 0.25) is 0 Å². The Labute approximate surface area is 115 Å². The van der Waals surface area contributed by atoms with Gasteiger partial charge in [-0.05, 0) is 46.3 Å². The zero-order valence-corrected chi connectivity index (χ0v) is 12.7. The lowest BCUT2D eigenvalue weighted by Gasteiger charge is -2.39. The van der Waals surface area contributed by atoms with Crippen molar-refractivity contribution < 1.29 is 4.79 Å². The van der Waals surface area contributed by atoms with Crippen molar-refractivity contribution in [3.63, 3.8) is 0 Å². The lowest BCUT2D eigenvalue weighted by Crippen LogP contribution is -2.52. The van der Waals surface area contributed by atoms with Gasteiger partial charge in [-0.1, -0.05) is 19.1 Å². The van der Waals surface area contributed by atoms with Gasteiger partial charge in [-0.15, -0.1) is 0 Å². The number of nitrogens with two attached hydrogens (primary N) is 1. The summed E-state index contributed by atoms with van der Waals surface area (Å²) in [5, 5.41) is 0.